The fourth-order valence-electron chi connectivity index (χ4n) is 1.81. The second kappa shape index (κ2) is 6.75. The number of para-hydroxylation sites is 1. The third-order valence-electron chi connectivity index (χ3n) is 2.63. The Morgan fingerprint density at radius 3 is 2.80 bits per heavy atom. The molecule has 0 bridgehead atoms. The highest BCUT2D eigenvalue weighted by molar-refractivity contribution is 6.02. The minimum absolute atomic E-state index is 0.691. The number of aromatic nitrogens is 2. The van der Waals surface area contributed by atoms with Gasteiger partial charge in [-0.1, -0.05) is 19.1 Å². The van der Waals surface area contributed by atoms with E-state index in [1.807, 2.05) is 49.1 Å². The van der Waals surface area contributed by atoms with E-state index in [-0.39, 0.29) is 0 Å². The van der Waals surface area contributed by atoms with Crippen molar-refractivity contribution < 1.29 is 4.74 Å². The Labute approximate surface area is 119 Å². The predicted octanol–water partition coefficient (Wildman–Crippen LogP) is 2.44. The van der Waals surface area contributed by atoms with Crippen LogP contribution in [0.5, 0.6) is 5.75 Å². The van der Waals surface area contributed by atoms with Gasteiger partial charge in [-0.3, -0.25) is 4.57 Å². The normalized spacial score (nSPS) is 11.4. The van der Waals surface area contributed by atoms with Crippen LogP contribution in [0.1, 0.15) is 18.9 Å². The molecule has 2 rings (SSSR count). The van der Waals surface area contributed by atoms with Crippen LogP contribution in [0, 0.1) is 0 Å². The average molecular weight is 272 g/mol. The SMILES string of the molecule is CCCOc1ccccc1/C(=N/N(C)C)n1ccnc1. The van der Waals surface area contributed by atoms with Gasteiger partial charge in [-0.25, -0.2) is 4.98 Å². The highest BCUT2D eigenvalue weighted by atomic mass is 16.5. The van der Waals surface area contributed by atoms with Gasteiger partial charge in [0.15, 0.2) is 5.84 Å². The van der Waals surface area contributed by atoms with E-state index in [0.717, 1.165) is 23.6 Å². The van der Waals surface area contributed by atoms with E-state index in [1.54, 1.807) is 17.5 Å². The van der Waals surface area contributed by atoms with Gasteiger partial charge in [-0.05, 0) is 18.6 Å². The second-order valence-electron chi connectivity index (χ2n) is 4.59. The zero-order valence-corrected chi connectivity index (χ0v) is 12.2. The molecule has 1 heterocycles. The number of imidazole rings is 1. The summed E-state index contributed by atoms with van der Waals surface area (Å²) in [7, 11) is 3.79. The Kier molecular flexibility index (Phi) is 4.76. The molecule has 0 radical (unpaired) electrons. The van der Waals surface area contributed by atoms with Crippen molar-refractivity contribution in [1.82, 2.24) is 14.6 Å². The summed E-state index contributed by atoms with van der Waals surface area (Å²) < 4.78 is 7.70. The van der Waals surface area contributed by atoms with Crippen LogP contribution in [0.25, 0.3) is 0 Å². The summed E-state index contributed by atoms with van der Waals surface area (Å²) in [4.78, 5) is 4.09. The molecule has 0 N–H and O–H groups in total. The standard InChI is InChI=1S/C15H20N4O/c1-4-11-20-14-8-6-5-7-13(14)15(17-18(2)3)19-10-9-16-12-19/h5-10,12H,4,11H2,1-3H3/b17-15-. The van der Waals surface area contributed by atoms with Crippen LogP contribution in [-0.4, -0.2) is 41.1 Å². The zero-order valence-electron chi connectivity index (χ0n) is 12.2. The maximum Gasteiger partial charge on any atom is 0.168 e. The number of rotatable bonds is 5. The molecule has 0 aliphatic heterocycles. The van der Waals surface area contributed by atoms with E-state index in [9.17, 15) is 0 Å². The Morgan fingerprint density at radius 1 is 1.35 bits per heavy atom. The summed E-state index contributed by atoms with van der Waals surface area (Å²) in [5.41, 5.74) is 0.952. The first-order chi connectivity index (χ1) is 9.72. The molecule has 106 valence electrons. The average Bonchev–Trinajstić information content (AvgIpc) is 2.97. The molecule has 0 aliphatic carbocycles. The monoisotopic (exact) mass is 272 g/mol. The lowest BCUT2D eigenvalue weighted by Crippen LogP contribution is -2.18. The van der Waals surface area contributed by atoms with Crippen molar-refractivity contribution in [2.75, 3.05) is 20.7 Å². The van der Waals surface area contributed by atoms with Crippen LogP contribution in [0.15, 0.2) is 48.1 Å². The van der Waals surface area contributed by atoms with Gasteiger partial charge in [0.25, 0.3) is 0 Å². The van der Waals surface area contributed by atoms with Gasteiger partial charge in [0.1, 0.15) is 12.1 Å². The Bertz CT molecular complexity index is 561. The van der Waals surface area contributed by atoms with Crippen molar-refractivity contribution >= 4 is 5.84 Å². The minimum Gasteiger partial charge on any atom is -0.493 e. The molecule has 20 heavy (non-hydrogen) atoms. The molecule has 0 unspecified atom stereocenters. The fraction of sp³-hybridized carbons (Fsp3) is 0.333. The molecule has 2 aromatic rings. The van der Waals surface area contributed by atoms with Gasteiger partial charge in [0, 0.05) is 26.5 Å². The van der Waals surface area contributed by atoms with Crippen molar-refractivity contribution in [2.45, 2.75) is 13.3 Å². The molecule has 0 saturated carbocycles. The van der Waals surface area contributed by atoms with Crippen LogP contribution in [-0.2, 0) is 0 Å². The summed E-state index contributed by atoms with van der Waals surface area (Å²) in [6.45, 7) is 2.78. The molecular weight excluding hydrogens is 252 g/mol. The van der Waals surface area contributed by atoms with Crippen molar-refractivity contribution in [3.8, 4) is 5.75 Å². The molecular formula is C15H20N4O. The first-order valence-electron chi connectivity index (χ1n) is 6.69. The lowest BCUT2D eigenvalue weighted by atomic mass is 10.2. The maximum atomic E-state index is 5.81. The molecule has 1 aromatic heterocycles. The largest absolute Gasteiger partial charge is 0.493 e. The van der Waals surface area contributed by atoms with Gasteiger partial charge >= 0.3 is 0 Å². The number of nitrogens with zero attached hydrogens (tertiary/aromatic N) is 4. The van der Waals surface area contributed by atoms with E-state index in [2.05, 4.69) is 17.0 Å². The van der Waals surface area contributed by atoms with Crippen molar-refractivity contribution in [1.29, 1.82) is 0 Å². The predicted molar refractivity (Wildman–Crippen MR) is 80.1 cm³/mol. The number of benzene rings is 1. The Hall–Kier alpha value is -2.30. The lowest BCUT2D eigenvalue weighted by Gasteiger charge is -2.15. The Balaban J connectivity index is 2.44. The summed E-state index contributed by atoms with van der Waals surface area (Å²) in [5, 5.41) is 6.32. The highest BCUT2D eigenvalue weighted by Gasteiger charge is 2.12. The fourth-order valence-corrected chi connectivity index (χ4v) is 1.81. The lowest BCUT2D eigenvalue weighted by molar-refractivity contribution is 0.316. The van der Waals surface area contributed by atoms with E-state index in [0.29, 0.717) is 6.61 Å². The van der Waals surface area contributed by atoms with Gasteiger partial charge in [-0.2, -0.15) is 5.10 Å². The minimum atomic E-state index is 0.691. The molecule has 1 aromatic carbocycles. The molecule has 5 nitrogen and oxygen atoms in total. The van der Waals surface area contributed by atoms with E-state index < -0.39 is 0 Å². The maximum absolute atomic E-state index is 5.81. The molecule has 5 heteroatoms. The topological polar surface area (TPSA) is 42.6 Å². The van der Waals surface area contributed by atoms with E-state index in [4.69, 9.17) is 4.74 Å². The summed E-state index contributed by atoms with van der Waals surface area (Å²) >= 11 is 0. The number of hydrazone groups is 1. The van der Waals surface area contributed by atoms with Crippen molar-refractivity contribution in [3.63, 3.8) is 0 Å². The molecule has 0 aliphatic rings. The molecule has 0 atom stereocenters. The van der Waals surface area contributed by atoms with Gasteiger partial charge in [0.2, 0.25) is 0 Å². The Morgan fingerprint density at radius 2 is 2.15 bits per heavy atom. The van der Waals surface area contributed by atoms with Crippen LogP contribution >= 0.6 is 0 Å². The molecule has 0 amide bonds. The number of hydrogen-bond acceptors (Lipinski definition) is 4. The van der Waals surface area contributed by atoms with Crippen LogP contribution in [0.4, 0.5) is 0 Å². The molecule has 0 spiro atoms. The van der Waals surface area contributed by atoms with Crippen molar-refractivity contribution in [2.24, 2.45) is 5.10 Å². The summed E-state index contributed by atoms with van der Waals surface area (Å²) in [5.74, 6) is 1.63. The van der Waals surface area contributed by atoms with E-state index >= 15 is 0 Å². The van der Waals surface area contributed by atoms with E-state index in [1.165, 1.54) is 0 Å². The highest BCUT2D eigenvalue weighted by Crippen LogP contribution is 2.20. The number of hydrogen-bond donors (Lipinski definition) is 0. The summed E-state index contributed by atoms with van der Waals surface area (Å²) in [6.07, 6.45) is 6.32. The first kappa shape index (κ1) is 14.1. The van der Waals surface area contributed by atoms with Gasteiger partial charge in [0.05, 0.1) is 12.2 Å². The molecule has 0 fully saturated rings. The van der Waals surface area contributed by atoms with Crippen LogP contribution in [0.3, 0.4) is 0 Å². The zero-order chi connectivity index (χ0) is 14.4. The third-order valence-corrected chi connectivity index (χ3v) is 2.63. The molecule has 0 saturated heterocycles. The van der Waals surface area contributed by atoms with Crippen LogP contribution in [0.2, 0.25) is 0 Å². The first-order valence-corrected chi connectivity index (χ1v) is 6.69. The smallest absolute Gasteiger partial charge is 0.168 e. The van der Waals surface area contributed by atoms with Gasteiger partial charge < -0.3 is 9.75 Å². The second-order valence-corrected chi connectivity index (χ2v) is 4.59. The van der Waals surface area contributed by atoms with Crippen LogP contribution < -0.4 is 4.74 Å². The summed E-state index contributed by atoms with van der Waals surface area (Å²) in [6, 6.07) is 7.92. The van der Waals surface area contributed by atoms with Crippen molar-refractivity contribution in [3.05, 3.63) is 48.5 Å². The number of ether oxygens (including phenoxy) is 1. The quantitative estimate of drug-likeness (QED) is 0.477. The van der Waals surface area contributed by atoms with Gasteiger partial charge in [-0.15, -0.1) is 0 Å². The third kappa shape index (κ3) is 3.38.